The van der Waals surface area contributed by atoms with Crippen molar-refractivity contribution in [1.82, 2.24) is 25.2 Å². The number of hydrazine groups is 1. The molecule has 238 valence electrons. The summed E-state index contributed by atoms with van der Waals surface area (Å²) in [6, 6.07) is 0.775. The Kier molecular flexibility index (Phi) is 7.82. The fourth-order valence-electron chi connectivity index (χ4n) is 5.93. The highest BCUT2D eigenvalue weighted by Gasteiger charge is 2.61. The van der Waals surface area contributed by atoms with Crippen LogP contribution in [-0.2, 0) is 14.3 Å². The Hall–Kier alpha value is -3.33. The van der Waals surface area contributed by atoms with Crippen LogP contribution in [0.1, 0.15) is 53.5 Å². The summed E-state index contributed by atoms with van der Waals surface area (Å²) in [6.07, 6.45) is 1.49. The van der Waals surface area contributed by atoms with Crippen LogP contribution in [0.2, 0.25) is 0 Å². The van der Waals surface area contributed by atoms with E-state index in [4.69, 9.17) is 13.8 Å². The van der Waals surface area contributed by atoms with Gasteiger partial charge in [-0.15, -0.1) is 11.3 Å². The minimum atomic E-state index is -3.40. The van der Waals surface area contributed by atoms with Gasteiger partial charge in [0.05, 0.1) is 24.1 Å². The van der Waals surface area contributed by atoms with Crippen molar-refractivity contribution in [2.24, 2.45) is 10.4 Å². The molecule has 0 bridgehead atoms. The van der Waals surface area contributed by atoms with Gasteiger partial charge in [0, 0.05) is 54.0 Å². The summed E-state index contributed by atoms with van der Waals surface area (Å²) < 4.78 is 76.5. The highest BCUT2D eigenvalue weighted by atomic mass is 32.1. The summed E-state index contributed by atoms with van der Waals surface area (Å²) in [5, 5.41) is 16.9. The number of halogens is 3. The second-order valence-corrected chi connectivity index (χ2v) is 12.7. The van der Waals surface area contributed by atoms with Crippen LogP contribution in [0.25, 0.3) is 0 Å². The summed E-state index contributed by atoms with van der Waals surface area (Å²) in [5.74, 6) is -5.55. The number of aliphatic imine (C=N–C) groups is 1. The molecule has 5 rings (SSSR count). The Morgan fingerprint density at radius 3 is 2.77 bits per heavy atom. The number of aromatic nitrogens is 1. The zero-order valence-electron chi connectivity index (χ0n) is 27.8. The van der Waals surface area contributed by atoms with E-state index in [2.05, 4.69) is 10.3 Å². The minimum Gasteiger partial charge on any atom is -0.481 e. The highest BCUT2D eigenvalue weighted by molar-refractivity contribution is 7.11. The summed E-state index contributed by atoms with van der Waals surface area (Å²) in [4.78, 5) is 35.8. The molecule has 0 unspecified atom stereocenters. The lowest BCUT2D eigenvalue weighted by molar-refractivity contribution is -0.149. The van der Waals surface area contributed by atoms with E-state index in [0.29, 0.717) is 10.6 Å². The molecule has 44 heavy (non-hydrogen) atoms. The van der Waals surface area contributed by atoms with E-state index < -0.39 is 60.7 Å². The highest BCUT2D eigenvalue weighted by Crippen LogP contribution is 2.43. The van der Waals surface area contributed by atoms with Crippen molar-refractivity contribution in [3.8, 4) is 0 Å². The monoisotopic (exact) mass is 637 g/mol. The second kappa shape index (κ2) is 12.2. The fraction of sp³-hybridized carbons (Fsp3) is 0.533. The number of likely N-dealkylation sites (N-methyl/N-ethyl adjacent to an activating group) is 1. The topological polar surface area (TPSA) is 111 Å². The van der Waals surface area contributed by atoms with Crippen LogP contribution in [0.4, 0.5) is 13.2 Å². The van der Waals surface area contributed by atoms with Crippen molar-refractivity contribution < 1.29 is 36.7 Å². The number of nitrogens with one attached hydrogen (secondary N) is 1. The molecule has 1 aromatic heterocycles. The van der Waals surface area contributed by atoms with Crippen molar-refractivity contribution >= 4 is 29.1 Å². The third kappa shape index (κ3) is 6.00. The average molecular weight is 638 g/mol. The van der Waals surface area contributed by atoms with Gasteiger partial charge in [-0.25, -0.2) is 33.0 Å². The van der Waals surface area contributed by atoms with E-state index in [1.54, 1.807) is 31.5 Å². The lowest BCUT2D eigenvalue weighted by atomic mass is 9.89. The van der Waals surface area contributed by atoms with Gasteiger partial charge >= 0.3 is 11.9 Å². The maximum absolute atomic E-state index is 16.0. The third-order valence-electron chi connectivity index (χ3n) is 8.44. The lowest BCUT2D eigenvalue weighted by Gasteiger charge is -2.33. The molecule has 4 heterocycles. The van der Waals surface area contributed by atoms with E-state index >= 15 is 8.78 Å². The molecule has 10 nitrogen and oxygen atoms in total. The van der Waals surface area contributed by atoms with Gasteiger partial charge in [-0.05, 0) is 51.3 Å². The van der Waals surface area contributed by atoms with Gasteiger partial charge in [-0.3, -0.25) is 14.7 Å². The standard InChI is InChI=1S/C30H37F3N6O4S/c1-6-43-27(40)22-20(35-25(26-34-11-13-44-26)36-23(22)18-8-7-9-19(31)17(18)2)14-38-16-30(32,33)24-21(38)15-37(5)39(24)12-10-29(3,4)28(41)42/h7-9,11,13,21,23-24H,6,10,12,14-16H2,1-5H3,(H,35,36)(H,41,42)/t21-,23-,24+/m0/s1/i5D3. The summed E-state index contributed by atoms with van der Waals surface area (Å²) in [5.41, 5.74) is -0.447. The van der Waals surface area contributed by atoms with E-state index in [-0.39, 0.29) is 55.3 Å². The van der Waals surface area contributed by atoms with E-state index in [0.717, 1.165) is 10.0 Å². The Balaban J connectivity index is 1.57. The van der Waals surface area contributed by atoms with Gasteiger partial charge in [-0.2, -0.15) is 0 Å². The van der Waals surface area contributed by atoms with Crippen molar-refractivity contribution in [2.75, 3.05) is 39.8 Å². The first-order valence-electron chi connectivity index (χ1n) is 15.8. The van der Waals surface area contributed by atoms with E-state index in [9.17, 15) is 19.1 Å². The number of aliphatic carboxylic acids is 1. The Bertz CT molecular complexity index is 1590. The number of carboxylic acid groups (broad SMARTS) is 1. The van der Waals surface area contributed by atoms with Crippen LogP contribution in [0.5, 0.6) is 0 Å². The molecule has 0 saturated carbocycles. The van der Waals surface area contributed by atoms with E-state index in [1.165, 1.54) is 42.2 Å². The van der Waals surface area contributed by atoms with Crippen molar-refractivity contribution in [3.05, 3.63) is 63.0 Å². The molecule has 2 fully saturated rings. The van der Waals surface area contributed by atoms with Gasteiger partial charge in [0.15, 0.2) is 10.8 Å². The molecule has 0 aliphatic carbocycles. The molecule has 3 aliphatic rings. The average Bonchev–Trinajstić information content (AvgIpc) is 3.70. The number of thiazole rings is 1. The first-order valence-corrected chi connectivity index (χ1v) is 15.1. The Labute approximate surface area is 262 Å². The van der Waals surface area contributed by atoms with Crippen LogP contribution < -0.4 is 5.32 Å². The molecule has 0 radical (unpaired) electrons. The van der Waals surface area contributed by atoms with Gasteiger partial charge < -0.3 is 15.2 Å². The number of carbonyl (C=O) groups is 2. The number of likely N-dealkylation sites (tertiary alicyclic amines) is 1. The first kappa shape index (κ1) is 28.2. The maximum Gasteiger partial charge on any atom is 0.338 e. The van der Waals surface area contributed by atoms with Crippen molar-refractivity contribution in [1.29, 1.82) is 0 Å². The van der Waals surface area contributed by atoms with Gasteiger partial charge in [0.2, 0.25) is 0 Å². The fourth-order valence-corrected chi connectivity index (χ4v) is 6.52. The zero-order valence-corrected chi connectivity index (χ0v) is 25.6. The van der Waals surface area contributed by atoms with Crippen LogP contribution in [0, 0.1) is 18.2 Å². The second-order valence-electron chi connectivity index (χ2n) is 11.8. The smallest absolute Gasteiger partial charge is 0.338 e. The van der Waals surface area contributed by atoms with Crippen LogP contribution in [0.3, 0.4) is 0 Å². The van der Waals surface area contributed by atoms with Crippen LogP contribution in [-0.4, -0.2) is 101 Å². The van der Waals surface area contributed by atoms with Crippen LogP contribution in [0.15, 0.2) is 46.0 Å². The SMILES string of the molecule is [2H]C([2H])([2H])N1C[C@H]2[C@@H](N1CCC(C)(C)C(=O)O)C(F)(F)CN2CC1=C(C(=O)OCC)[C@H](c2cccc(F)c2C)N=C(c2nccs2)N1. The number of hydrogen-bond donors (Lipinski definition) is 2. The lowest BCUT2D eigenvalue weighted by Crippen LogP contribution is -2.49. The van der Waals surface area contributed by atoms with E-state index in [1.807, 2.05) is 0 Å². The number of carboxylic acids is 1. The summed E-state index contributed by atoms with van der Waals surface area (Å²) >= 11 is 1.26. The number of benzene rings is 1. The largest absolute Gasteiger partial charge is 0.481 e. The number of carbonyl (C=O) groups excluding carboxylic acids is 1. The predicted molar refractivity (Wildman–Crippen MR) is 159 cm³/mol. The molecule has 0 amide bonds. The molecule has 3 atom stereocenters. The Morgan fingerprint density at radius 1 is 1.34 bits per heavy atom. The summed E-state index contributed by atoms with van der Waals surface area (Å²) in [6.45, 7) is 1.81. The number of alkyl halides is 2. The maximum atomic E-state index is 16.0. The molecule has 2 saturated heterocycles. The normalized spacial score (nSPS) is 25.6. The van der Waals surface area contributed by atoms with Crippen molar-refractivity contribution in [2.45, 2.75) is 58.2 Å². The summed E-state index contributed by atoms with van der Waals surface area (Å²) in [7, 11) is 0. The molecular formula is C30H37F3N6O4S. The third-order valence-corrected chi connectivity index (χ3v) is 9.22. The minimum absolute atomic E-state index is 0.00912. The quantitative estimate of drug-likeness (QED) is 0.376. The predicted octanol–water partition coefficient (Wildman–Crippen LogP) is 3.85. The van der Waals surface area contributed by atoms with Gasteiger partial charge in [-0.1, -0.05) is 12.1 Å². The number of amidine groups is 1. The zero-order chi connectivity index (χ0) is 34.5. The number of rotatable bonds is 10. The molecule has 2 N–H and O–H groups in total. The number of fused-ring (bicyclic) bond motifs is 1. The van der Waals surface area contributed by atoms with Gasteiger partial charge in [0.1, 0.15) is 17.9 Å². The molecule has 14 heteroatoms. The number of esters is 1. The molecule has 1 aromatic carbocycles. The molecule has 2 aromatic rings. The molecular weight excluding hydrogens is 597 g/mol. The molecule has 3 aliphatic heterocycles. The van der Waals surface area contributed by atoms with Crippen LogP contribution >= 0.6 is 11.3 Å². The first-order chi connectivity index (χ1) is 22.0. The Morgan fingerprint density at radius 2 is 2.11 bits per heavy atom. The van der Waals surface area contributed by atoms with Gasteiger partial charge in [0.25, 0.3) is 5.92 Å². The number of hydrogen-bond acceptors (Lipinski definition) is 10. The number of ether oxygens (including phenoxy) is 1. The van der Waals surface area contributed by atoms with Crippen molar-refractivity contribution in [3.63, 3.8) is 0 Å². The molecule has 0 spiro atoms. The number of nitrogens with zero attached hydrogens (tertiary/aromatic N) is 5.